The van der Waals surface area contributed by atoms with Gasteiger partial charge in [-0.25, -0.2) is 20.2 Å². The number of anilines is 1. The van der Waals surface area contributed by atoms with Gasteiger partial charge in [-0.1, -0.05) is 54.2 Å². The number of rotatable bonds is 8. The van der Waals surface area contributed by atoms with Gasteiger partial charge >= 0.3 is 12.5 Å². The van der Waals surface area contributed by atoms with Crippen molar-refractivity contribution in [1.29, 1.82) is 0 Å². The molecule has 1 N–H and O–H groups in total. The highest BCUT2D eigenvalue weighted by Crippen LogP contribution is 2.39. The van der Waals surface area contributed by atoms with Crippen LogP contribution < -0.4 is 15.3 Å². The fourth-order valence-electron chi connectivity index (χ4n) is 3.32. The van der Waals surface area contributed by atoms with Crippen LogP contribution in [-0.2, 0) is 6.18 Å². The Balaban J connectivity index is 1.44. The van der Waals surface area contributed by atoms with E-state index < -0.39 is 23.8 Å². The number of hydrazone groups is 1. The number of nitrogens with one attached hydrogen (secondary N) is 1. The fraction of sp³-hybridized carbons (Fsp3) is 0.0833. The van der Waals surface area contributed by atoms with Crippen LogP contribution in [0.15, 0.2) is 78.2 Å². The van der Waals surface area contributed by atoms with Crippen LogP contribution in [0, 0.1) is 0 Å². The molecule has 4 rings (SSSR count). The summed E-state index contributed by atoms with van der Waals surface area (Å²) in [5, 5.41) is 8.97. The van der Waals surface area contributed by atoms with Crippen molar-refractivity contribution in [1.82, 2.24) is 20.3 Å². The lowest BCUT2D eigenvalue weighted by molar-refractivity contribution is -0.274. The molecule has 0 fully saturated rings. The van der Waals surface area contributed by atoms with E-state index in [0.29, 0.717) is 22.6 Å². The number of thiocarbonyl (C=S) groups is 1. The number of ether oxygens (including phenoxy) is 1. The van der Waals surface area contributed by atoms with Gasteiger partial charge in [-0.05, 0) is 42.0 Å². The summed E-state index contributed by atoms with van der Waals surface area (Å²) in [4.78, 5) is 4.21. The Kier molecular flexibility index (Phi) is 8.06. The summed E-state index contributed by atoms with van der Waals surface area (Å²) in [6.07, 6.45) is -6.69. The first-order valence-corrected chi connectivity index (χ1v) is 11.6. The molecule has 39 heavy (non-hydrogen) atoms. The standard InChI is InChI=1S/C24H15ClF6N6OS/c25-20-3-1-2-19(23(26,27)28)21(20)37(14-39)35-33-12-15-4-6-16(7-5-15)22-32-13-36(34-22)17-8-10-18(11-9-17)38-24(29,30)31/h1-14,35H/b33-12+. The second-order valence-corrected chi connectivity index (χ2v) is 8.26. The molecule has 1 aromatic heterocycles. The van der Waals surface area contributed by atoms with Crippen LogP contribution in [0.3, 0.4) is 0 Å². The lowest BCUT2D eigenvalue weighted by atomic mass is 10.1. The molecule has 0 saturated heterocycles. The quantitative estimate of drug-likeness (QED) is 0.106. The molecule has 0 saturated carbocycles. The van der Waals surface area contributed by atoms with Crippen molar-refractivity contribution < 1.29 is 31.1 Å². The van der Waals surface area contributed by atoms with Crippen molar-refractivity contribution in [2.75, 3.05) is 5.01 Å². The van der Waals surface area contributed by atoms with E-state index in [9.17, 15) is 26.3 Å². The predicted molar refractivity (Wildman–Crippen MR) is 137 cm³/mol. The van der Waals surface area contributed by atoms with Crippen molar-refractivity contribution in [3.05, 3.63) is 89.2 Å². The molecule has 0 bridgehead atoms. The summed E-state index contributed by atoms with van der Waals surface area (Å²) in [5.74, 6) is -0.0165. The number of benzene rings is 3. The van der Waals surface area contributed by atoms with E-state index in [4.69, 9.17) is 23.8 Å². The third-order valence-corrected chi connectivity index (χ3v) is 5.53. The summed E-state index contributed by atoms with van der Waals surface area (Å²) in [7, 11) is 0. The largest absolute Gasteiger partial charge is 0.573 e. The van der Waals surface area contributed by atoms with Crippen molar-refractivity contribution in [3.8, 4) is 22.8 Å². The number of aromatic nitrogens is 3. The van der Waals surface area contributed by atoms with E-state index in [1.54, 1.807) is 24.3 Å². The van der Waals surface area contributed by atoms with Crippen LogP contribution in [0.5, 0.6) is 5.75 Å². The summed E-state index contributed by atoms with van der Waals surface area (Å²) in [6, 6.07) is 15.2. The van der Waals surface area contributed by atoms with E-state index in [-0.39, 0.29) is 10.8 Å². The normalized spacial score (nSPS) is 12.0. The van der Waals surface area contributed by atoms with Gasteiger partial charge in [0.25, 0.3) is 0 Å². The lowest BCUT2D eigenvalue weighted by Gasteiger charge is -2.23. The molecule has 0 atom stereocenters. The molecule has 3 aromatic carbocycles. The van der Waals surface area contributed by atoms with Gasteiger partial charge in [0.15, 0.2) is 5.82 Å². The second-order valence-electron chi connectivity index (χ2n) is 7.64. The molecule has 1 heterocycles. The highest BCUT2D eigenvalue weighted by molar-refractivity contribution is 7.79. The highest BCUT2D eigenvalue weighted by atomic mass is 35.5. The average molecular weight is 585 g/mol. The van der Waals surface area contributed by atoms with Gasteiger partial charge in [-0.2, -0.15) is 18.3 Å². The maximum Gasteiger partial charge on any atom is 0.573 e. The average Bonchev–Trinajstić information content (AvgIpc) is 3.37. The zero-order valence-corrected chi connectivity index (χ0v) is 20.9. The van der Waals surface area contributed by atoms with Crippen molar-refractivity contribution in [2.24, 2.45) is 5.10 Å². The molecule has 0 amide bonds. The Bertz CT molecular complexity index is 1470. The fourth-order valence-corrected chi connectivity index (χ4v) is 3.74. The molecule has 202 valence electrons. The SMILES string of the molecule is FC(F)(F)Oc1ccc(-n2cnc(-c3ccc(/C=N/NN(C=S)c4c(Cl)cccc4C(F)(F)F)cc3)n2)cc1. The van der Waals surface area contributed by atoms with Crippen LogP contribution in [0.25, 0.3) is 17.1 Å². The number of nitrogens with zero attached hydrogens (tertiary/aromatic N) is 5. The Labute approximate surface area is 227 Å². The van der Waals surface area contributed by atoms with E-state index in [2.05, 4.69) is 25.5 Å². The van der Waals surface area contributed by atoms with E-state index >= 15 is 0 Å². The van der Waals surface area contributed by atoms with Crippen LogP contribution in [0.1, 0.15) is 11.1 Å². The van der Waals surface area contributed by atoms with Crippen molar-refractivity contribution in [3.63, 3.8) is 0 Å². The molecule has 15 heteroatoms. The maximum absolute atomic E-state index is 13.4. The van der Waals surface area contributed by atoms with Crippen LogP contribution in [-0.4, -0.2) is 32.8 Å². The van der Waals surface area contributed by atoms with Gasteiger partial charge in [0.05, 0.1) is 33.7 Å². The number of hydrazine groups is 1. The number of halogens is 7. The molecule has 0 aliphatic heterocycles. The van der Waals surface area contributed by atoms with Gasteiger partial charge in [0.2, 0.25) is 0 Å². The molecule has 0 spiro atoms. The van der Waals surface area contributed by atoms with Gasteiger partial charge in [0, 0.05) is 5.56 Å². The van der Waals surface area contributed by atoms with E-state index in [0.717, 1.165) is 28.7 Å². The number of para-hydroxylation sites is 1. The Morgan fingerprint density at radius 1 is 0.974 bits per heavy atom. The highest BCUT2D eigenvalue weighted by Gasteiger charge is 2.36. The van der Waals surface area contributed by atoms with Crippen molar-refractivity contribution >= 4 is 41.2 Å². The first kappa shape index (κ1) is 27.9. The molecule has 0 radical (unpaired) electrons. The maximum atomic E-state index is 13.4. The third-order valence-electron chi connectivity index (χ3n) is 5.01. The van der Waals surface area contributed by atoms with Gasteiger partial charge < -0.3 is 4.74 Å². The molecular formula is C24H15ClF6N6OS. The van der Waals surface area contributed by atoms with Crippen LogP contribution in [0.4, 0.5) is 32.0 Å². The Morgan fingerprint density at radius 2 is 1.67 bits per heavy atom. The zero-order valence-electron chi connectivity index (χ0n) is 19.3. The minimum absolute atomic E-state index is 0.171. The predicted octanol–water partition coefficient (Wildman–Crippen LogP) is 6.81. The molecule has 0 unspecified atom stereocenters. The third kappa shape index (κ3) is 7.03. The first-order valence-electron chi connectivity index (χ1n) is 10.7. The molecule has 7 nitrogen and oxygen atoms in total. The first-order chi connectivity index (χ1) is 18.4. The van der Waals surface area contributed by atoms with Crippen molar-refractivity contribution in [2.45, 2.75) is 12.5 Å². The summed E-state index contributed by atoms with van der Waals surface area (Å²) < 4.78 is 82.4. The molecular weight excluding hydrogens is 570 g/mol. The van der Waals surface area contributed by atoms with E-state index in [1.807, 2.05) is 0 Å². The Morgan fingerprint density at radius 3 is 2.28 bits per heavy atom. The smallest absolute Gasteiger partial charge is 0.406 e. The topological polar surface area (TPSA) is 67.6 Å². The minimum atomic E-state index is -4.79. The van der Waals surface area contributed by atoms with E-state index in [1.165, 1.54) is 41.5 Å². The van der Waals surface area contributed by atoms with Gasteiger partial charge in [-0.15, -0.1) is 18.3 Å². The summed E-state index contributed by atoms with van der Waals surface area (Å²) in [6.45, 7) is 0. The lowest BCUT2D eigenvalue weighted by Crippen LogP contribution is -2.34. The van der Waals surface area contributed by atoms with Gasteiger partial charge in [-0.3, -0.25) is 0 Å². The zero-order chi connectivity index (χ0) is 28.2. The number of alkyl halides is 6. The minimum Gasteiger partial charge on any atom is -0.406 e. The summed E-state index contributed by atoms with van der Waals surface area (Å²) in [5.41, 5.74) is 3.68. The van der Waals surface area contributed by atoms with Crippen LogP contribution >= 0.6 is 23.8 Å². The number of hydrogen-bond donors (Lipinski definition) is 1. The molecule has 4 aromatic rings. The second kappa shape index (κ2) is 11.3. The monoisotopic (exact) mass is 584 g/mol. The summed E-state index contributed by atoms with van der Waals surface area (Å²) >= 11 is 10.8. The van der Waals surface area contributed by atoms with Gasteiger partial charge in [0.1, 0.15) is 12.1 Å². The van der Waals surface area contributed by atoms with Crippen LogP contribution in [0.2, 0.25) is 5.02 Å². The molecule has 0 aliphatic rings. The number of hydrogen-bond acceptors (Lipinski definition) is 6. The Hall–Kier alpha value is -4.17. The molecule has 0 aliphatic carbocycles.